The summed E-state index contributed by atoms with van der Waals surface area (Å²) < 4.78 is 10.7. The molecule has 10 nitrogen and oxygen atoms in total. The smallest absolute Gasteiger partial charge is 0.323 e. The zero-order chi connectivity index (χ0) is 25.8. The number of rotatable bonds is 8. The molecule has 1 aromatic heterocycles. The molecule has 1 N–H and O–H groups in total. The lowest BCUT2D eigenvalue weighted by atomic mass is 9.69. The summed E-state index contributed by atoms with van der Waals surface area (Å²) in [5.41, 5.74) is 0.922. The molecule has 5 rings (SSSR count). The lowest BCUT2D eigenvalue weighted by Gasteiger charge is -2.43. The maximum absolute atomic E-state index is 12.9. The van der Waals surface area contributed by atoms with Crippen LogP contribution in [0.5, 0.6) is 0 Å². The van der Waals surface area contributed by atoms with Gasteiger partial charge in [0.05, 0.1) is 19.3 Å². The van der Waals surface area contributed by atoms with Crippen LogP contribution in [0.2, 0.25) is 0 Å². The van der Waals surface area contributed by atoms with E-state index in [2.05, 4.69) is 25.6 Å². The predicted molar refractivity (Wildman–Crippen MR) is 151 cm³/mol. The molecule has 0 amide bonds. The summed E-state index contributed by atoms with van der Waals surface area (Å²) in [5, 5.41) is 16.6. The Labute approximate surface area is 242 Å². The number of hydrogen-bond donors (Lipinski definition) is 1. The van der Waals surface area contributed by atoms with Crippen LogP contribution in [0.15, 0.2) is 30.3 Å². The van der Waals surface area contributed by atoms with Crippen LogP contribution < -0.4 is 5.32 Å². The van der Waals surface area contributed by atoms with Crippen molar-refractivity contribution in [3.8, 4) is 11.4 Å². The van der Waals surface area contributed by atoms with Gasteiger partial charge < -0.3 is 14.8 Å². The van der Waals surface area contributed by atoms with E-state index < -0.39 is 0 Å². The molecule has 1 aromatic carbocycles. The normalized spacial score (nSPS) is 28.5. The van der Waals surface area contributed by atoms with E-state index in [1.54, 1.807) is 4.80 Å². The Morgan fingerprint density at radius 2 is 1.72 bits per heavy atom. The number of ether oxygens (including phenoxy) is 2. The maximum atomic E-state index is 12.9. The predicted octanol–water partition coefficient (Wildman–Crippen LogP) is 3.32. The van der Waals surface area contributed by atoms with Crippen molar-refractivity contribution in [1.29, 1.82) is 0 Å². The monoisotopic (exact) mass is 582 g/mol. The highest BCUT2D eigenvalue weighted by Gasteiger charge is 2.43. The van der Waals surface area contributed by atoms with Crippen LogP contribution in [0.1, 0.15) is 52.0 Å². The number of fused-ring (bicyclic) bond motifs is 1. The second-order valence-corrected chi connectivity index (χ2v) is 10.6. The standard InChI is InChI=1S/C27H38N6O4.2ClH/c1-3-36-26(34)23-13-21-12-18(10-11-20(21)15-28-23)16-32-17-22(14-24(32)27(35)37-4-2)33-30-25(29-31-33)19-8-6-5-7-9-19;;/h5-9,18,20-24,28H,3-4,10-17H2,1-2H3;2*1H/t18-,20-,21+,22-,23-,24-;;/m0../s1. The summed E-state index contributed by atoms with van der Waals surface area (Å²) in [4.78, 5) is 29.2. The lowest BCUT2D eigenvalue weighted by Crippen LogP contribution is -2.51. The third-order valence-corrected chi connectivity index (χ3v) is 8.20. The van der Waals surface area contributed by atoms with Crippen LogP contribution in [0.3, 0.4) is 0 Å². The number of piperidine rings is 1. The topological polar surface area (TPSA) is 111 Å². The van der Waals surface area contributed by atoms with E-state index in [1.165, 1.54) is 0 Å². The molecular weight excluding hydrogens is 543 g/mol. The van der Waals surface area contributed by atoms with Crippen molar-refractivity contribution in [3.05, 3.63) is 30.3 Å². The van der Waals surface area contributed by atoms with Crippen LogP contribution >= 0.6 is 24.8 Å². The number of likely N-dealkylation sites (tertiary alicyclic amines) is 1. The Morgan fingerprint density at radius 3 is 2.46 bits per heavy atom. The van der Waals surface area contributed by atoms with Crippen molar-refractivity contribution >= 4 is 36.8 Å². The molecule has 6 atom stereocenters. The number of esters is 2. The van der Waals surface area contributed by atoms with E-state index in [4.69, 9.17) is 9.47 Å². The van der Waals surface area contributed by atoms with Gasteiger partial charge in [0.15, 0.2) is 0 Å². The molecule has 0 unspecified atom stereocenters. The molecule has 3 heterocycles. The number of tetrazole rings is 1. The van der Waals surface area contributed by atoms with Crippen LogP contribution in [-0.2, 0) is 19.1 Å². The number of benzene rings is 1. The van der Waals surface area contributed by atoms with Gasteiger partial charge in [0.25, 0.3) is 0 Å². The first-order chi connectivity index (χ1) is 18.1. The fourth-order valence-electron chi connectivity index (χ4n) is 6.40. The average molecular weight is 584 g/mol. The average Bonchev–Trinajstić information content (AvgIpc) is 3.57. The van der Waals surface area contributed by atoms with E-state index in [0.29, 0.717) is 49.8 Å². The van der Waals surface area contributed by atoms with E-state index in [-0.39, 0.29) is 54.9 Å². The molecule has 3 fully saturated rings. The van der Waals surface area contributed by atoms with Crippen LogP contribution in [0, 0.1) is 17.8 Å². The largest absolute Gasteiger partial charge is 0.465 e. The number of nitrogens with one attached hydrogen (secondary N) is 1. The maximum Gasteiger partial charge on any atom is 0.323 e. The van der Waals surface area contributed by atoms with Gasteiger partial charge in [-0.3, -0.25) is 14.5 Å². The zero-order valence-corrected chi connectivity index (χ0v) is 24.2. The molecule has 2 aliphatic heterocycles. The summed E-state index contributed by atoms with van der Waals surface area (Å²) >= 11 is 0. The van der Waals surface area contributed by atoms with Crippen molar-refractivity contribution in [2.24, 2.45) is 17.8 Å². The van der Waals surface area contributed by atoms with Crippen LogP contribution in [0.25, 0.3) is 11.4 Å². The van der Waals surface area contributed by atoms with Crippen molar-refractivity contribution in [3.63, 3.8) is 0 Å². The van der Waals surface area contributed by atoms with Gasteiger partial charge in [-0.1, -0.05) is 30.3 Å². The summed E-state index contributed by atoms with van der Waals surface area (Å²) in [7, 11) is 0. The Balaban J connectivity index is 0.00000210. The number of carbonyl (C=O) groups is 2. The first-order valence-corrected chi connectivity index (χ1v) is 13.7. The van der Waals surface area contributed by atoms with E-state index in [9.17, 15) is 9.59 Å². The second-order valence-electron chi connectivity index (χ2n) is 10.6. The van der Waals surface area contributed by atoms with Gasteiger partial charge in [-0.15, -0.1) is 35.0 Å². The Morgan fingerprint density at radius 1 is 0.974 bits per heavy atom. The molecule has 0 radical (unpaired) electrons. The minimum absolute atomic E-state index is 0. The number of aromatic nitrogens is 4. The van der Waals surface area contributed by atoms with Gasteiger partial charge in [-0.25, -0.2) is 0 Å². The first kappa shape index (κ1) is 31.3. The molecule has 3 aliphatic rings. The molecule has 216 valence electrons. The van der Waals surface area contributed by atoms with Gasteiger partial charge in [0.1, 0.15) is 12.1 Å². The Kier molecular flexibility index (Phi) is 11.5. The summed E-state index contributed by atoms with van der Waals surface area (Å²) in [6.45, 7) is 6.86. The van der Waals surface area contributed by atoms with Crippen molar-refractivity contribution in [2.45, 2.75) is 64.1 Å². The molecule has 0 spiro atoms. The molecule has 12 heteroatoms. The second kappa shape index (κ2) is 14.4. The van der Waals surface area contributed by atoms with Crippen molar-refractivity contribution < 1.29 is 19.1 Å². The summed E-state index contributed by atoms with van der Waals surface area (Å²) in [6, 6.07) is 9.24. The molecule has 1 saturated carbocycles. The van der Waals surface area contributed by atoms with Crippen LogP contribution in [-0.4, -0.2) is 82.0 Å². The fourth-order valence-corrected chi connectivity index (χ4v) is 6.40. The Bertz CT molecular complexity index is 1070. The van der Waals surface area contributed by atoms with E-state index >= 15 is 0 Å². The molecule has 39 heavy (non-hydrogen) atoms. The summed E-state index contributed by atoms with van der Waals surface area (Å²) in [6.07, 6.45) is 4.78. The van der Waals surface area contributed by atoms with Gasteiger partial charge in [-0.2, -0.15) is 4.80 Å². The molecule has 2 aromatic rings. The number of halogens is 2. The quantitative estimate of drug-likeness (QED) is 0.468. The highest BCUT2D eigenvalue weighted by molar-refractivity contribution is 5.85. The minimum atomic E-state index is -0.311. The van der Waals surface area contributed by atoms with Gasteiger partial charge >= 0.3 is 11.9 Å². The number of hydrogen-bond acceptors (Lipinski definition) is 9. The van der Waals surface area contributed by atoms with Crippen molar-refractivity contribution in [2.75, 3.05) is 32.8 Å². The van der Waals surface area contributed by atoms with Gasteiger partial charge in [0, 0.05) is 18.7 Å². The lowest BCUT2D eigenvalue weighted by molar-refractivity contribution is -0.149. The Hall–Kier alpha value is -2.27. The number of nitrogens with zero attached hydrogens (tertiary/aromatic N) is 5. The number of carbonyl (C=O) groups excluding carboxylic acids is 2. The third kappa shape index (κ3) is 7.28. The molecule has 2 saturated heterocycles. The first-order valence-electron chi connectivity index (χ1n) is 13.7. The van der Waals surface area contributed by atoms with Crippen molar-refractivity contribution in [1.82, 2.24) is 30.4 Å². The minimum Gasteiger partial charge on any atom is -0.465 e. The van der Waals surface area contributed by atoms with E-state index in [1.807, 2.05) is 44.2 Å². The fraction of sp³-hybridized carbons (Fsp3) is 0.667. The summed E-state index contributed by atoms with van der Waals surface area (Å²) in [5.74, 6) is 1.85. The third-order valence-electron chi connectivity index (χ3n) is 8.20. The highest BCUT2D eigenvalue weighted by Crippen LogP contribution is 2.40. The SMILES string of the molecule is CCOC(=O)[C@@H]1C[C@H]2C[C@@H](CN3C[C@@H](n4nnc(-c5ccccc5)n4)C[C@H]3C(=O)OCC)CC[C@H]2CN1.Cl.Cl. The molecule has 0 bridgehead atoms. The van der Waals surface area contributed by atoms with E-state index in [0.717, 1.165) is 44.3 Å². The van der Waals surface area contributed by atoms with Gasteiger partial charge in [0.2, 0.25) is 5.82 Å². The molecular formula is C27H40Cl2N6O4. The molecule has 1 aliphatic carbocycles. The zero-order valence-electron chi connectivity index (χ0n) is 22.6. The van der Waals surface area contributed by atoms with Gasteiger partial charge in [-0.05, 0) is 75.5 Å². The van der Waals surface area contributed by atoms with Crippen LogP contribution in [0.4, 0.5) is 0 Å². The highest BCUT2D eigenvalue weighted by atomic mass is 35.5.